The normalized spacial score (nSPS) is 19.2. The lowest BCUT2D eigenvalue weighted by atomic mass is 10.2. The van der Waals surface area contributed by atoms with Crippen LogP contribution in [0.1, 0.15) is 9.67 Å². The van der Waals surface area contributed by atoms with Gasteiger partial charge in [-0.1, -0.05) is 0 Å². The number of carbonyl (C=O) groups is 2. The number of rotatable bonds is 2. The fourth-order valence-corrected chi connectivity index (χ4v) is 4.21. The molecule has 106 valence electrons. The van der Waals surface area contributed by atoms with E-state index in [2.05, 4.69) is 4.74 Å². The molecule has 2 aromatic heterocycles. The molecule has 0 aliphatic carbocycles. The molecule has 3 rings (SSSR count). The number of carbonyl (C=O) groups excluding carboxylic acids is 2. The van der Waals surface area contributed by atoms with Crippen molar-refractivity contribution in [2.75, 3.05) is 26.8 Å². The average Bonchev–Trinajstić information content (AvgIpc) is 3.07. The van der Waals surface area contributed by atoms with Crippen molar-refractivity contribution in [3.8, 4) is 0 Å². The largest absolute Gasteiger partial charge is 0.467 e. The zero-order valence-corrected chi connectivity index (χ0v) is 12.5. The molecule has 2 aromatic rings. The Labute approximate surface area is 123 Å². The molecule has 1 saturated heterocycles. The summed E-state index contributed by atoms with van der Waals surface area (Å²) in [5.41, 5.74) is 0. The second kappa shape index (κ2) is 5.51. The summed E-state index contributed by atoms with van der Waals surface area (Å²) in [6.07, 6.45) is -0.682. The van der Waals surface area contributed by atoms with E-state index in [0.717, 1.165) is 9.40 Å². The molecule has 0 spiro atoms. The number of morpholine rings is 1. The average molecular weight is 311 g/mol. The number of fused-ring (bicyclic) bond motifs is 1. The first-order valence-electron chi connectivity index (χ1n) is 6.15. The van der Waals surface area contributed by atoms with E-state index in [4.69, 9.17) is 4.74 Å². The molecule has 5 nitrogen and oxygen atoms in total. The number of methoxy groups -OCH3 is 1. The number of amides is 1. The summed E-state index contributed by atoms with van der Waals surface area (Å²) in [4.78, 5) is 26.3. The van der Waals surface area contributed by atoms with Crippen molar-refractivity contribution in [3.05, 3.63) is 22.4 Å². The topological polar surface area (TPSA) is 55.8 Å². The molecule has 0 N–H and O–H groups in total. The first kappa shape index (κ1) is 13.5. The fourth-order valence-electron chi connectivity index (χ4n) is 2.13. The minimum absolute atomic E-state index is 0.0457. The minimum atomic E-state index is -0.682. The molecule has 1 fully saturated rings. The molecule has 1 aliphatic heterocycles. The second-order valence-corrected chi connectivity index (χ2v) is 6.42. The lowest BCUT2D eigenvalue weighted by Crippen LogP contribution is -2.48. The molecule has 1 aliphatic rings. The van der Waals surface area contributed by atoms with E-state index in [0.29, 0.717) is 18.0 Å². The molecule has 0 bridgehead atoms. The molecule has 1 unspecified atom stereocenters. The van der Waals surface area contributed by atoms with Crippen molar-refractivity contribution in [1.82, 2.24) is 4.90 Å². The van der Waals surface area contributed by atoms with E-state index in [-0.39, 0.29) is 12.5 Å². The van der Waals surface area contributed by atoms with E-state index in [1.54, 1.807) is 16.2 Å². The third-order valence-corrected chi connectivity index (χ3v) is 5.25. The van der Waals surface area contributed by atoms with Gasteiger partial charge >= 0.3 is 5.97 Å². The van der Waals surface area contributed by atoms with Gasteiger partial charge in [-0.15, -0.1) is 22.7 Å². The Hall–Kier alpha value is -1.44. The highest BCUT2D eigenvalue weighted by Gasteiger charge is 2.30. The number of hydrogen-bond acceptors (Lipinski definition) is 6. The van der Waals surface area contributed by atoms with E-state index < -0.39 is 12.1 Å². The highest BCUT2D eigenvalue weighted by molar-refractivity contribution is 7.27. The van der Waals surface area contributed by atoms with E-state index in [1.807, 2.05) is 17.5 Å². The predicted molar refractivity (Wildman–Crippen MR) is 77.4 cm³/mol. The maximum absolute atomic E-state index is 12.5. The van der Waals surface area contributed by atoms with Crippen LogP contribution in [-0.4, -0.2) is 49.7 Å². The van der Waals surface area contributed by atoms with E-state index in [9.17, 15) is 9.59 Å². The number of ether oxygens (including phenoxy) is 2. The number of hydrogen-bond donors (Lipinski definition) is 0. The highest BCUT2D eigenvalue weighted by Crippen LogP contribution is 2.30. The maximum Gasteiger partial charge on any atom is 0.336 e. The van der Waals surface area contributed by atoms with Crippen LogP contribution in [0.25, 0.3) is 9.40 Å². The molecule has 20 heavy (non-hydrogen) atoms. The summed E-state index contributed by atoms with van der Waals surface area (Å²) in [5.74, 6) is -0.481. The SMILES string of the molecule is COC(=O)C1CN(C(=O)c2cc3sccc3s2)CCO1. The van der Waals surface area contributed by atoms with Crippen LogP contribution in [0.4, 0.5) is 0 Å². The van der Waals surface area contributed by atoms with E-state index in [1.165, 1.54) is 18.4 Å². The van der Waals surface area contributed by atoms with Crippen LogP contribution in [-0.2, 0) is 14.3 Å². The number of thiophene rings is 2. The van der Waals surface area contributed by atoms with Crippen molar-refractivity contribution in [1.29, 1.82) is 0 Å². The van der Waals surface area contributed by atoms with Gasteiger partial charge in [0.15, 0.2) is 6.10 Å². The standard InChI is InChI=1S/C13H13NO4S2/c1-17-13(16)8-7-14(3-4-18-8)12(15)11-6-10-9(20-11)2-5-19-10/h2,5-6,8H,3-4,7H2,1H3. The van der Waals surface area contributed by atoms with Crippen LogP contribution < -0.4 is 0 Å². The van der Waals surface area contributed by atoms with Gasteiger partial charge in [0.05, 0.1) is 25.1 Å². The third-order valence-electron chi connectivity index (χ3n) is 3.17. The molecule has 3 heterocycles. The van der Waals surface area contributed by atoms with Gasteiger partial charge in [-0.2, -0.15) is 0 Å². The van der Waals surface area contributed by atoms with Crippen LogP contribution in [0, 0.1) is 0 Å². The Morgan fingerprint density at radius 1 is 1.45 bits per heavy atom. The first-order valence-corrected chi connectivity index (χ1v) is 7.84. The Morgan fingerprint density at radius 3 is 3.05 bits per heavy atom. The predicted octanol–water partition coefficient (Wildman–Crippen LogP) is 1.98. The molecule has 1 amide bonds. The third kappa shape index (κ3) is 2.44. The molecule has 1 atom stereocenters. The van der Waals surface area contributed by atoms with Gasteiger partial charge in [0.25, 0.3) is 5.91 Å². The molecule has 0 saturated carbocycles. The van der Waals surface area contributed by atoms with Crippen LogP contribution in [0.3, 0.4) is 0 Å². The quantitative estimate of drug-likeness (QED) is 0.796. The second-order valence-electron chi connectivity index (χ2n) is 4.39. The maximum atomic E-state index is 12.5. The summed E-state index contributed by atoms with van der Waals surface area (Å²) in [6.45, 7) is 1.10. The van der Waals surface area contributed by atoms with Crippen molar-refractivity contribution in [2.45, 2.75) is 6.10 Å². The fraction of sp³-hybridized carbons (Fsp3) is 0.385. The van der Waals surface area contributed by atoms with Gasteiger partial charge in [0.2, 0.25) is 0 Å². The van der Waals surface area contributed by atoms with Gasteiger partial charge in [-0.05, 0) is 17.5 Å². The Morgan fingerprint density at radius 2 is 2.30 bits per heavy atom. The van der Waals surface area contributed by atoms with Crippen molar-refractivity contribution in [2.24, 2.45) is 0 Å². The first-order chi connectivity index (χ1) is 9.69. The van der Waals surface area contributed by atoms with Crippen LogP contribution >= 0.6 is 22.7 Å². The molecular weight excluding hydrogens is 298 g/mol. The zero-order chi connectivity index (χ0) is 14.1. The summed E-state index contributed by atoms with van der Waals surface area (Å²) in [7, 11) is 1.32. The minimum Gasteiger partial charge on any atom is -0.467 e. The van der Waals surface area contributed by atoms with E-state index >= 15 is 0 Å². The van der Waals surface area contributed by atoms with Crippen LogP contribution in [0.15, 0.2) is 17.5 Å². The smallest absolute Gasteiger partial charge is 0.336 e. The van der Waals surface area contributed by atoms with Crippen LogP contribution in [0.2, 0.25) is 0 Å². The number of esters is 1. The monoisotopic (exact) mass is 311 g/mol. The van der Waals surface area contributed by atoms with Crippen molar-refractivity contribution >= 4 is 43.9 Å². The van der Waals surface area contributed by atoms with Crippen LogP contribution in [0.5, 0.6) is 0 Å². The van der Waals surface area contributed by atoms with Crippen molar-refractivity contribution < 1.29 is 19.1 Å². The van der Waals surface area contributed by atoms with Gasteiger partial charge in [0.1, 0.15) is 0 Å². The molecule has 7 heteroatoms. The highest BCUT2D eigenvalue weighted by atomic mass is 32.1. The molecule has 0 radical (unpaired) electrons. The van der Waals surface area contributed by atoms with Gasteiger partial charge in [-0.25, -0.2) is 4.79 Å². The van der Waals surface area contributed by atoms with Gasteiger partial charge < -0.3 is 14.4 Å². The Bertz CT molecular complexity index is 619. The zero-order valence-electron chi connectivity index (χ0n) is 10.8. The molecular formula is C13H13NO4S2. The lowest BCUT2D eigenvalue weighted by molar-refractivity contribution is -0.158. The number of nitrogens with zero attached hydrogens (tertiary/aromatic N) is 1. The summed E-state index contributed by atoms with van der Waals surface area (Å²) < 4.78 is 12.2. The van der Waals surface area contributed by atoms with Gasteiger partial charge in [0, 0.05) is 15.9 Å². The summed E-state index contributed by atoms with van der Waals surface area (Å²) in [6, 6.07) is 3.92. The van der Waals surface area contributed by atoms with Crippen molar-refractivity contribution in [3.63, 3.8) is 0 Å². The Kier molecular flexibility index (Phi) is 3.73. The lowest BCUT2D eigenvalue weighted by Gasteiger charge is -2.31. The summed E-state index contributed by atoms with van der Waals surface area (Å²) in [5, 5.41) is 2.01. The Balaban J connectivity index is 1.76. The summed E-state index contributed by atoms with van der Waals surface area (Å²) >= 11 is 3.11. The van der Waals surface area contributed by atoms with Gasteiger partial charge in [-0.3, -0.25) is 4.79 Å². The molecule has 0 aromatic carbocycles.